The molecule has 1 aromatic heterocycles. The molecule has 1 aromatic rings. The molecule has 1 saturated carbocycles. The zero-order valence-electron chi connectivity index (χ0n) is 12.0. The number of hydrogen-bond donors (Lipinski definition) is 0. The van der Waals surface area contributed by atoms with Crippen molar-refractivity contribution in [2.45, 2.75) is 63.9 Å². The molecule has 0 saturated heterocycles. The Bertz CT molecular complexity index is 597. The molecule has 0 N–H and O–H groups in total. The van der Waals surface area contributed by atoms with E-state index in [4.69, 9.17) is 0 Å². The molecule has 106 valence electrons. The molecule has 2 aliphatic rings. The molecular weight excluding hydrogens is 262 g/mol. The van der Waals surface area contributed by atoms with Crippen LogP contribution in [0.5, 0.6) is 0 Å². The maximum atomic E-state index is 12.4. The third kappa shape index (κ3) is 1.92. The maximum Gasteiger partial charge on any atom is 0.259 e. The predicted octanol–water partition coefficient (Wildman–Crippen LogP) is 1.73. The Kier molecular flexibility index (Phi) is 2.49. The van der Waals surface area contributed by atoms with E-state index in [1.807, 2.05) is 0 Å². The van der Waals surface area contributed by atoms with Crippen molar-refractivity contribution in [2.24, 2.45) is 0 Å². The molecule has 5 nitrogen and oxygen atoms in total. The minimum Gasteiger partial charge on any atom is -0.288 e. The predicted molar refractivity (Wildman–Crippen MR) is 73.2 cm³/mol. The van der Waals surface area contributed by atoms with Crippen molar-refractivity contribution in [1.29, 1.82) is 0 Å². The van der Waals surface area contributed by atoms with Gasteiger partial charge in [0.25, 0.3) is 10.0 Å². The van der Waals surface area contributed by atoms with E-state index in [9.17, 15) is 8.42 Å². The van der Waals surface area contributed by atoms with E-state index < -0.39 is 14.8 Å². The summed E-state index contributed by atoms with van der Waals surface area (Å²) in [6.45, 7) is 9.80. The van der Waals surface area contributed by atoms with Gasteiger partial charge in [-0.05, 0) is 40.5 Å². The second kappa shape index (κ2) is 3.61. The zero-order valence-corrected chi connectivity index (χ0v) is 12.8. The lowest BCUT2D eigenvalue weighted by Gasteiger charge is -2.31. The van der Waals surface area contributed by atoms with Crippen molar-refractivity contribution in [1.82, 2.24) is 14.1 Å². The van der Waals surface area contributed by atoms with Crippen molar-refractivity contribution < 1.29 is 8.42 Å². The summed E-state index contributed by atoms with van der Waals surface area (Å²) in [7, 11) is -3.31. The van der Waals surface area contributed by atoms with E-state index in [-0.39, 0.29) is 5.54 Å². The highest BCUT2D eigenvalue weighted by Gasteiger charge is 2.52. The van der Waals surface area contributed by atoms with Crippen LogP contribution in [-0.2, 0) is 23.1 Å². The van der Waals surface area contributed by atoms with Crippen LogP contribution in [0.3, 0.4) is 0 Å². The largest absolute Gasteiger partial charge is 0.288 e. The fraction of sp³-hybridized carbons (Fsp3) is 0.769. The number of hydrogen-bond acceptors (Lipinski definition) is 4. The highest BCUT2D eigenvalue weighted by molar-refractivity contribution is 7.91. The van der Waals surface area contributed by atoms with Gasteiger partial charge in [-0.2, -0.15) is 9.19 Å². The minimum atomic E-state index is -3.31. The lowest BCUT2D eigenvalue weighted by Crippen LogP contribution is -2.37. The van der Waals surface area contributed by atoms with Crippen LogP contribution in [0, 0.1) is 0 Å². The number of aromatic nitrogens is 2. The van der Waals surface area contributed by atoms with Gasteiger partial charge in [0.05, 0.1) is 10.4 Å². The first-order valence-electron chi connectivity index (χ1n) is 6.71. The molecule has 3 rings (SSSR count). The highest BCUT2D eigenvalue weighted by Crippen LogP contribution is 2.44. The van der Waals surface area contributed by atoms with Crippen molar-refractivity contribution in [3.8, 4) is 0 Å². The van der Waals surface area contributed by atoms with Gasteiger partial charge < -0.3 is 0 Å². The van der Waals surface area contributed by atoms with Gasteiger partial charge in [0.2, 0.25) is 0 Å². The lowest BCUT2D eigenvalue weighted by molar-refractivity contribution is 0.134. The molecule has 1 aliphatic carbocycles. The standard InChI is InChI=1S/C13H21N3O2S/c1-12(2,3)15-7-10-8-16(14-11(10)9-15)19(17,18)13(4)5-6-13/h8H,5-7,9H2,1-4H3. The molecule has 0 spiro atoms. The molecule has 0 unspecified atom stereocenters. The number of nitrogens with zero attached hydrogens (tertiary/aromatic N) is 3. The summed E-state index contributed by atoms with van der Waals surface area (Å²) in [5, 5.41) is 4.32. The van der Waals surface area contributed by atoms with Crippen LogP contribution in [0.1, 0.15) is 51.8 Å². The van der Waals surface area contributed by atoms with E-state index >= 15 is 0 Å². The van der Waals surface area contributed by atoms with Crippen molar-refractivity contribution in [2.75, 3.05) is 0 Å². The first-order valence-corrected chi connectivity index (χ1v) is 8.15. The van der Waals surface area contributed by atoms with Crippen LogP contribution in [0.4, 0.5) is 0 Å². The molecule has 0 atom stereocenters. The Hall–Kier alpha value is -0.880. The minimum absolute atomic E-state index is 0.0832. The van der Waals surface area contributed by atoms with E-state index in [2.05, 4.69) is 30.8 Å². The van der Waals surface area contributed by atoms with E-state index in [1.165, 1.54) is 4.09 Å². The van der Waals surface area contributed by atoms with Gasteiger partial charge in [0.15, 0.2) is 0 Å². The van der Waals surface area contributed by atoms with Crippen LogP contribution in [0.25, 0.3) is 0 Å². The van der Waals surface area contributed by atoms with Crippen LogP contribution >= 0.6 is 0 Å². The smallest absolute Gasteiger partial charge is 0.259 e. The highest BCUT2D eigenvalue weighted by atomic mass is 32.2. The normalized spacial score (nSPS) is 22.5. The van der Waals surface area contributed by atoms with Gasteiger partial charge in [0, 0.05) is 30.4 Å². The summed E-state index contributed by atoms with van der Waals surface area (Å²) in [5.74, 6) is 0. The monoisotopic (exact) mass is 283 g/mol. The fourth-order valence-corrected chi connectivity index (χ4v) is 3.93. The van der Waals surface area contributed by atoms with Gasteiger partial charge in [-0.1, -0.05) is 0 Å². The lowest BCUT2D eigenvalue weighted by atomic mass is 10.1. The second-order valence-corrected chi connectivity index (χ2v) is 9.27. The Balaban J connectivity index is 1.89. The maximum absolute atomic E-state index is 12.4. The van der Waals surface area contributed by atoms with Crippen molar-refractivity contribution in [3.63, 3.8) is 0 Å². The third-order valence-electron chi connectivity index (χ3n) is 4.33. The van der Waals surface area contributed by atoms with Gasteiger partial charge in [-0.25, -0.2) is 8.42 Å². The summed E-state index contributed by atoms with van der Waals surface area (Å²) >= 11 is 0. The Morgan fingerprint density at radius 3 is 2.37 bits per heavy atom. The molecule has 0 bridgehead atoms. The molecule has 0 aromatic carbocycles. The summed E-state index contributed by atoms with van der Waals surface area (Å²) in [6.07, 6.45) is 3.20. The van der Waals surface area contributed by atoms with Crippen LogP contribution in [-0.4, -0.2) is 32.8 Å². The van der Waals surface area contributed by atoms with E-state index in [1.54, 1.807) is 13.1 Å². The second-order valence-electron chi connectivity index (χ2n) is 6.96. The summed E-state index contributed by atoms with van der Waals surface area (Å²) in [4.78, 5) is 2.31. The molecule has 1 fully saturated rings. The molecule has 2 heterocycles. The summed E-state index contributed by atoms with van der Waals surface area (Å²) < 4.78 is 25.4. The topological polar surface area (TPSA) is 55.2 Å². The Morgan fingerprint density at radius 2 is 1.89 bits per heavy atom. The molecule has 6 heteroatoms. The van der Waals surface area contributed by atoms with Crippen LogP contribution in [0.2, 0.25) is 0 Å². The third-order valence-corrected chi connectivity index (χ3v) is 6.66. The molecule has 1 aliphatic heterocycles. The van der Waals surface area contributed by atoms with Crippen LogP contribution < -0.4 is 0 Å². The first-order chi connectivity index (χ1) is 8.63. The summed E-state index contributed by atoms with van der Waals surface area (Å²) in [5.41, 5.74) is 2.03. The molecule has 19 heavy (non-hydrogen) atoms. The Morgan fingerprint density at radius 1 is 1.26 bits per heavy atom. The average Bonchev–Trinajstić information content (AvgIpc) is 2.73. The Labute approximate surface area is 114 Å². The van der Waals surface area contributed by atoms with Crippen molar-refractivity contribution in [3.05, 3.63) is 17.5 Å². The molecular formula is C13H21N3O2S. The van der Waals surface area contributed by atoms with Crippen molar-refractivity contribution >= 4 is 10.0 Å². The molecule has 0 amide bonds. The molecule has 0 radical (unpaired) electrons. The quantitative estimate of drug-likeness (QED) is 0.829. The number of rotatable bonds is 2. The van der Waals surface area contributed by atoms with E-state index in [0.717, 1.165) is 37.2 Å². The first kappa shape index (κ1) is 13.1. The zero-order chi connectivity index (χ0) is 14.1. The van der Waals surface area contributed by atoms with Crippen LogP contribution in [0.15, 0.2) is 6.20 Å². The van der Waals surface area contributed by atoms with Gasteiger partial charge >= 0.3 is 0 Å². The SMILES string of the molecule is CC(C)(C)N1Cc2cn(S(=O)(=O)C3(C)CC3)nc2C1. The van der Waals surface area contributed by atoms with Gasteiger partial charge in [-0.3, -0.25) is 4.90 Å². The fourth-order valence-electron chi connectivity index (χ4n) is 2.38. The van der Waals surface area contributed by atoms with Gasteiger partial charge in [-0.15, -0.1) is 0 Å². The average molecular weight is 283 g/mol. The van der Waals surface area contributed by atoms with E-state index in [0.29, 0.717) is 0 Å². The summed E-state index contributed by atoms with van der Waals surface area (Å²) in [6, 6.07) is 0. The number of fused-ring (bicyclic) bond motifs is 1. The van der Waals surface area contributed by atoms with Gasteiger partial charge in [0.1, 0.15) is 0 Å².